The molecule has 1 atom stereocenters. The Balaban J connectivity index is 1.97. The van der Waals surface area contributed by atoms with Gasteiger partial charge in [-0.05, 0) is 73.4 Å². The van der Waals surface area contributed by atoms with Gasteiger partial charge in [0.05, 0.1) is 11.7 Å². The van der Waals surface area contributed by atoms with Gasteiger partial charge in [0.2, 0.25) is 5.91 Å². The molecule has 1 aliphatic heterocycles. The van der Waals surface area contributed by atoms with Crippen molar-refractivity contribution in [3.05, 3.63) is 28.2 Å². The van der Waals surface area contributed by atoms with E-state index in [1.807, 2.05) is 32.0 Å². The molecule has 1 heterocycles. The molecular formula is C17H25BrN2O. The van der Waals surface area contributed by atoms with E-state index < -0.39 is 0 Å². The first-order valence-corrected chi connectivity index (χ1v) is 8.68. The van der Waals surface area contributed by atoms with Gasteiger partial charge < -0.3 is 5.32 Å². The molecule has 0 unspecified atom stereocenters. The maximum atomic E-state index is 12.5. The molecule has 1 aromatic rings. The van der Waals surface area contributed by atoms with Crippen LogP contribution in [-0.4, -0.2) is 29.9 Å². The maximum absolute atomic E-state index is 12.5. The van der Waals surface area contributed by atoms with E-state index in [4.69, 9.17) is 0 Å². The number of nitrogens with one attached hydrogen (secondary N) is 1. The summed E-state index contributed by atoms with van der Waals surface area (Å²) in [6.45, 7) is 6.12. The minimum absolute atomic E-state index is 0.0729. The molecule has 0 aliphatic carbocycles. The number of likely N-dealkylation sites (tertiary alicyclic amines) is 1. The van der Waals surface area contributed by atoms with E-state index in [0.29, 0.717) is 0 Å². The normalized spacial score (nSPS) is 18.6. The number of anilines is 1. The lowest BCUT2D eigenvalue weighted by atomic mass is 10.1. The summed E-state index contributed by atoms with van der Waals surface area (Å²) < 4.78 is 0.940. The number of aryl methyl sites for hydroxylation is 1. The van der Waals surface area contributed by atoms with E-state index in [2.05, 4.69) is 26.1 Å². The SMILES string of the molecule is Cc1ccc(NC(=O)[C@H](C)N2CCCCCCC2)c(Br)c1. The van der Waals surface area contributed by atoms with Gasteiger partial charge >= 0.3 is 0 Å². The second kappa shape index (κ2) is 7.95. The van der Waals surface area contributed by atoms with E-state index in [1.165, 1.54) is 37.7 Å². The van der Waals surface area contributed by atoms with Crippen LogP contribution >= 0.6 is 15.9 Å². The van der Waals surface area contributed by atoms with Crippen molar-refractivity contribution in [1.82, 2.24) is 4.90 Å². The molecule has 4 heteroatoms. The number of halogens is 1. The number of hydrogen-bond donors (Lipinski definition) is 1. The first kappa shape index (κ1) is 16.5. The summed E-state index contributed by atoms with van der Waals surface area (Å²) in [6.07, 6.45) is 6.31. The molecule has 1 fully saturated rings. The smallest absolute Gasteiger partial charge is 0.241 e. The van der Waals surface area contributed by atoms with Gasteiger partial charge in [0, 0.05) is 4.47 Å². The van der Waals surface area contributed by atoms with Crippen molar-refractivity contribution in [2.24, 2.45) is 0 Å². The number of nitrogens with zero attached hydrogens (tertiary/aromatic N) is 1. The van der Waals surface area contributed by atoms with Crippen LogP contribution in [0.4, 0.5) is 5.69 Å². The van der Waals surface area contributed by atoms with Gasteiger partial charge in [0.15, 0.2) is 0 Å². The van der Waals surface area contributed by atoms with E-state index in [9.17, 15) is 4.79 Å². The number of hydrogen-bond acceptors (Lipinski definition) is 2. The number of carbonyl (C=O) groups is 1. The van der Waals surface area contributed by atoms with Gasteiger partial charge in [-0.1, -0.05) is 25.3 Å². The molecule has 1 aromatic carbocycles. The third-order valence-electron chi connectivity index (χ3n) is 4.20. The van der Waals surface area contributed by atoms with Crippen LogP contribution in [0.25, 0.3) is 0 Å². The van der Waals surface area contributed by atoms with E-state index in [1.54, 1.807) is 0 Å². The maximum Gasteiger partial charge on any atom is 0.241 e. The highest BCUT2D eigenvalue weighted by atomic mass is 79.9. The zero-order valence-electron chi connectivity index (χ0n) is 13.0. The Morgan fingerprint density at radius 2 is 1.81 bits per heavy atom. The van der Waals surface area contributed by atoms with Crippen LogP contribution in [0.1, 0.15) is 44.6 Å². The molecule has 2 rings (SSSR count). The van der Waals surface area contributed by atoms with Crippen LogP contribution in [0.2, 0.25) is 0 Å². The van der Waals surface area contributed by atoms with Crippen LogP contribution in [0, 0.1) is 6.92 Å². The zero-order valence-corrected chi connectivity index (χ0v) is 14.6. The van der Waals surface area contributed by atoms with Crippen LogP contribution in [-0.2, 0) is 4.79 Å². The van der Waals surface area contributed by atoms with E-state index in [-0.39, 0.29) is 11.9 Å². The monoisotopic (exact) mass is 352 g/mol. The summed E-state index contributed by atoms with van der Waals surface area (Å²) in [7, 11) is 0. The first-order chi connectivity index (χ1) is 10.1. The summed E-state index contributed by atoms with van der Waals surface area (Å²) in [5.74, 6) is 0.0835. The summed E-state index contributed by atoms with van der Waals surface area (Å²) in [5.41, 5.74) is 2.03. The molecule has 21 heavy (non-hydrogen) atoms. The van der Waals surface area contributed by atoms with Crippen LogP contribution in [0.15, 0.2) is 22.7 Å². The third kappa shape index (κ3) is 4.82. The Morgan fingerprint density at radius 1 is 1.19 bits per heavy atom. The predicted octanol–water partition coefficient (Wildman–Crippen LogP) is 4.35. The highest BCUT2D eigenvalue weighted by molar-refractivity contribution is 9.10. The minimum Gasteiger partial charge on any atom is -0.324 e. The zero-order chi connectivity index (χ0) is 15.2. The Hall–Kier alpha value is -0.870. The summed E-state index contributed by atoms with van der Waals surface area (Å²) >= 11 is 3.52. The summed E-state index contributed by atoms with van der Waals surface area (Å²) in [6, 6.07) is 5.92. The molecule has 3 nitrogen and oxygen atoms in total. The molecule has 116 valence electrons. The molecule has 0 radical (unpaired) electrons. The summed E-state index contributed by atoms with van der Waals surface area (Å²) in [4.78, 5) is 14.8. The first-order valence-electron chi connectivity index (χ1n) is 7.89. The fraction of sp³-hybridized carbons (Fsp3) is 0.588. The molecule has 0 saturated carbocycles. The fourth-order valence-corrected chi connectivity index (χ4v) is 3.38. The van der Waals surface area contributed by atoms with Gasteiger partial charge in [-0.15, -0.1) is 0 Å². The van der Waals surface area contributed by atoms with Crippen molar-refractivity contribution in [3.63, 3.8) is 0 Å². The second-order valence-corrected chi connectivity index (χ2v) is 6.81. The van der Waals surface area contributed by atoms with Gasteiger partial charge in [-0.25, -0.2) is 0 Å². The molecule has 1 saturated heterocycles. The fourth-order valence-electron chi connectivity index (χ4n) is 2.78. The standard InChI is InChI=1S/C17H25BrN2O/c1-13-8-9-16(15(18)12-13)19-17(21)14(2)20-10-6-4-3-5-7-11-20/h8-9,12,14H,3-7,10-11H2,1-2H3,(H,19,21)/t14-/m0/s1. The lowest BCUT2D eigenvalue weighted by Crippen LogP contribution is -2.43. The van der Waals surface area contributed by atoms with Gasteiger partial charge in [0.25, 0.3) is 0 Å². The van der Waals surface area contributed by atoms with Gasteiger partial charge in [0.1, 0.15) is 0 Å². The average molecular weight is 353 g/mol. The number of rotatable bonds is 3. The number of benzene rings is 1. The minimum atomic E-state index is -0.0729. The van der Waals surface area contributed by atoms with Gasteiger partial charge in [-0.2, -0.15) is 0 Å². The Labute approximate surface area is 136 Å². The quantitative estimate of drug-likeness (QED) is 0.876. The molecule has 0 bridgehead atoms. The van der Waals surface area contributed by atoms with Crippen LogP contribution < -0.4 is 5.32 Å². The van der Waals surface area contributed by atoms with Crippen molar-refractivity contribution in [3.8, 4) is 0 Å². The predicted molar refractivity (Wildman–Crippen MR) is 91.6 cm³/mol. The average Bonchev–Trinajstić information content (AvgIpc) is 2.41. The topological polar surface area (TPSA) is 32.3 Å². The molecule has 1 aliphatic rings. The lowest BCUT2D eigenvalue weighted by molar-refractivity contribution is -0.120. The molecule has 0 aromatic heterocycles. The van der Waals surface area contributed by atoms with Crippen LogP contribution in [0.3, 0.4) is 0 Å². The van der Waals surface area contributed by atoms with Crippen LogP contribution in [0.5, 0.6) is 0 Å². The molecule has 1 N–H and O–H groups in total. The molecular weight excluding hydrogens is 328 g/mol. The van der Waals surface area contributed by atoms with E-state index >= 15 is 0 Å². The van der Waals surface area contributed by atoms with E-state index in [0.717, 1.165) is 23.2 Å². The Morgan fingerprint density at radius 3 is 2.43 bits per heavy atom. The van der Waals surface area contributed by atoms with Gasteiger partial charge in [-0.3, -0.25) is 9.69 Å². The highest BCUT2D eigenvalue weighted by Gasteiger charge is 2.22. The van der Waals surface area contributed by atoms with Crippen molar-refractivity contribution in [1.29, 1.82) is 0 Å². The largest absolute Gasteiger partial charge is 0.324 e. The van der Waals surface area contributed by atoms with Crippen molar-refractivity contribution in [2.75, 3.05) is 18.4 Å². The Bertz CT molecular complexity index is 482. The highest BCUT2D eigenvalue weighted by Crippen LogP contribution is 2.24. The summed E-state index contributed by atoms with van der Waals surface area (Å²) in [5, 5.41) is 3.04. The second-order valence-electron chi connectivity index (χ2n) is 5.95. The van der Waals surface area contributed by atoms with Crippen molar-refractivity contribution >= 4 is 27.5 Å². The molecule has 0 spiro atoms. The lowest BCUT2D eigenvalue weighted by Gasteiger charge is -2.29. The van der Waals surface area contributed by atoms with Crippen molar-refractivity contribution in [2.45, 2.75) is 52.0 Å². The van der Waals surface area contributed by atoms with Crippen molar-refractivity contribution < 1.29 is 4.79 Å². The third-order valence-corrected chi connectivity index (χ3v) is 4.86. The number of carbonyl (C=O) groups excluding carboxylic acids is 1. The molecule has 1 amide bonds. The Kier molecular flexibility index (Phi) is 6.24. The number of amides is 1.